The van der Waals surface area contributed by atoms with Crippen LogP contribution in [0.4, 0.5) is 0 Å². The van der Waals surface area contributed by atoms with Gasteiger partial charge >= 0.3 is 0 Å². The van der Waals surface area contributed by atoms with Crippen LogP contribution in [-0.4, -0.2) is 54.9 Å². The molecule has 6 heteroatoms. The van der Waals surface area contributed by atoms with Gasteiger partial charge in [0.1, 0.15) is 5.75 Å². The maximum Gasteiger partial charge on any atom is 0.257 e. The summed E-state index contributed by atoms with van der Waals surface area (Å²) >= 11 is 5.99. The van der Waals surface area contributed by atoms with Crippen LogP contribution in [0.2, 0.25) is 5.02 Å². The van der Waals surface area contributed by atoms with E-state index in [0.29, 0.717) is 48.9 Å². The van der Waals surface area contributed by atoms with Gasteiger partial charge in [-0.15, -0.1) is 0 Å². The summed E-state index contributed by atoms with van der Waals surface area (Å²) < 4.78 is 5.25. The quantitative estimate of drug-likeness (QED) is 0.829. The van der Waals surface area contributed by atoms with Gasteiger partial charge in [0.2, 0.25) is 5.91 Å². The molecular weight excluding hydrogens is 316 g/mol. The van der Waals surface area contributed by atoms with Crippen LogP contribution in [0, 0.1) is 0 Å². The number of benzene rings is 1. The number of unbranched alkanes of at least 4 members (excludes halogenated alkanes) is 1. The molecule has 0 bridgehead atoms. The Morgan fingerprint density at radius 3 is 2.43 bits per heavy atom. The summed E-state index contributed by atoms with van der Waals surface area (Å²) in [6.07, 6.45) is 2.52. The number of rotatable bonds is 5. The number of halogens is 1. The third-order valence-corrected chi connectivity index (χ3v) is 4.29. The molecule has 126 valence electrons. The number of carbonyl (C=O) groups is 2. The fraction of sp³-hybridized carbons (Fsp3) is 0.529. The number of hydrogen-bond donors (Lipinski definition) is 0. The molecule has 0 aliphatic carbocycles. The second-order valence-corrected chi connectivity index (χ2v) is 6.06. The summed E-state index contributed by atoms with van der Waals surface area (Å²) in [5.74, 6) is 0.588. The fourth-order valence-electron chi connectivity index (χ4n) is 2.66. The zero-order valence-corrected chi connectivity index (χ0v) is 14.4. The van der Waals surface area contributed by atoms with Gasteiger partial charge in [0, 0.05) is 37.6 Å². The average molecular weight is 339 g/mol. The Morgan fingerprint density at radius 1 is 1.17 bits per heavy atom. The zero-order chi connectivity index (χ0) is 16.8. The normalized spacial score (nSPS) is 14.7. The Labute approximate surface area is 142 Å². The van der Waals surface area contributed by atoms with E-state index < -0.39 is 0 Å². The minimum Gasteiger partial charge on any atom is -0.496 e. The van der Waals surface area contributed by atoms with Crippen molar-refractivity contribution in [3.8, 4) is 5.75 Å². The maximum atomic E-state index is 12.7. The van der Waals surface area contributed by atoms with Crippen LogP contribution in [0.1, 0.15) is 36.5 Å². The van der Waals surface area contributed by atoms with Crippen LogP contribution in [-0.2, 0) is 4.79 Å². The first-order chi connectivity index (χ1) is 11.1. The second kappa shape index (κ2) is 8.20. The van der Waals surface area contributed by atoms with Gasteiger partial charge in [-0.1, -0.05) is 24.9 Å². The van der Waals surface area contributed by atoms with Crippen molar-refractivity contribution in [2.75, 3.05) is 33.3 Å². The van der Waals surface area contributed by atoms with Crippen molar-refractivity contribution >= 4 is 23.4 Å². The molecular formula is C17H23ClN2O3. The van der Waals surface area contributed by atoms with Crippen LogP contribution in [0.25, 0.3) is 0 Å². The van der Waals surface area contributed by atoms with Crippen molar-refractivity contribution in [2.24, 2.45) is 0 Å². The molecule has 23 heavy (non-hydrogen) atoms. The zero-order valence-electron chi connectivity index (χ0n) is 13.7. The molecule has 1 saturated heterocycles. The van der Waals surface area contributed by atoms with E-state index in [1.165, 1.54) is 7.11 Å². The molecule has 0 spiro atoms. The monoisotopic (exact) mass is 338 g/mol. The van der Waals surface area contributed by atoms with Crippen LogP contribution >= 0.6 is 11.6 Å². The first-order valence-electron chi connectivity index (χ1n) is 7.97. The van der Waals surface area contributed by atoms with E-state index in [2.05, 4.69) is 6.92 Å². The van der Waals surface area contributed by atoms with E-state index in [4.69, 9.17) is 16.3 Å². The fourth-order valence-corrected chi connectivity index (χ4v) is 2.83. The number of ether oxygens (including phenoxy) is 1. The van der Waals surface area contributed by atoms with Gasteiger partial charge in [-0.2, -0.15) is 0 Å². The number of piperazine rings is 1. The molecule has 2 rings (SSSR count). The molecule has 0 radical (unpaired) electrons. The van der Waals surface area contributed by atoms with E-state index in [9.17, 15) is 9.59 Å². The van der Waals surface area contributed by atoms with Crippen molar-refractivity contribution in [3.05, 3.63) is 28.8 Å². The van der Waals surface area contributed by atoms with E-state index in [1.807, 2.05) is 4.90 Å². The summed E-state index contributed by atoms with van der Waals surface area (Å²) in [6, 6.07) is 5.02. The molecule has 1 heterocycles. The second-order valence-electron chi connectivity index (χ2n) is 5.62. The molecule has 0 aromatic heterocycles. The van der Waals surface area contributed by atoms with Crippen molar-refractivity contribution in [3.63, 3.8) is 0 Å². The molecule has 1 fully saturated rings. The Morgan fingerprint density at radius 2 is 1.83 bits per heavy atom. The minimum absolute atomic E-state index is 0.106. The first kappa shape index (κ1) is 17.6. The van der Waals surface area contributed by atoms with Crippen LogP contribution in [0.3, 0.4) is 0 Å². The van der Waals surface area contributed by atoms with Gasteiger partial charge in [-0.25, -0.2) is 0 Å². The van der Waals surface area contributed by atoms with Gasteiger partial charge in [-0.3, -0.25) is 9.59 Å². The summed E-state index contributed by atoms with van der Waals surface area (Å²) in [5, 5.41) is 0.502. The average Bonchev–Trinajstić information content (AvgIpc) is 2.59. The van der Waals surface area contributed by atoms with E-state index >= 15 is 0 Å². The summed E-state index contributed by atoms with van der Waals surface area (Å²) in [6.45, 7) is 4.30. The van der Waals surface area contributed by atoms with Gasteiger partial charge in [0.15, 0.2) is 0 Å². The lowest BCUT2D eigenvalue weighted by Gasteiger charge is -2.35. The number of carbonyl (C=O) groups excluding carboxylic acids is 2. The Kier molecular flexibility index (Phi) is 6.28. The number of methoxy groups -OCH3 is 1. The molecule has 0 atom stereocenters. The Balaban J connectivity index is 1.99. The van der Waals surface area contributed by atoms with Crippen molar-refractivity contribution in [2.45, 2.75) is 26.2 Å². The molecule has 2 amide bonds. The smallest absolute Gasteiger partial charge is 0.257 e. The molecule has 1 aliphatic heterocycles. The third kappa shape index (κ3) is 4.38. The summed E-state index contributed by atoms with van der Waals surface area (Å²) in [7, 11) is 1.53. The first-order valence-corrected chi connectivity index (χ1v) is 8.35. The largest absolute Gasteiger partial charge is 0.496 e. The molecule has 0 saturated carbocycles. The van der Waals surface area contributed by atoms with Gasteiger partial charge in [-0.05, 0) is 24.6 Å². The van der Waals surface area contributed by atoms with E-state index in [-0.39, 0.29) is 11.8 Å². The van der Waals surface area contributed by atoms with E-state index in [0.717, 1.165) is 12.8 Å². The Hall–Kier alpha value is -1.75. The van der Waals surface area contributed by atoms with Crippen LogP contribution in [0.5, 0.6) is 5.75 Å². The molecule has 0 N–H and O–H groups in total. The van der Waals surface area contributed by atoms with Crippen LogP contribution in [0.15, 0.2) is 18.2 Å². The minimum atomic E-state index is -0.106. The van der Waals surface area contributed by atoms with Gasteiger partial charge in [0.05, 0.1) is 12.7 Å². The summed E-state index contributed by atoms with van der Waals surface area (Å²) in [5.41, 5.74) is 0.464. The van der Waals surface area contributed by atoms with E-state index in [1.54, 1.807) is 23.1 Å². The summed E-state index contributed by atoms with van der Waals surface area (Å²) in [4.78, 5) is 28.3. The highest BCUT2D eigenvalue weighted by atomic mass is 35.5. The molecule has 5 nitrogen and oxygen atoms in total. The molecule has 1 aromatic rings. The molecule has 0 unspecified atom stereocenters. The third-order valence-electron chi connectivity index (χ3n) is 4.06. The number of amides is 2. The standard InChI is InChI=1S/C17H23ClN2O3/c1-3-4-5-16(21)19-8-10-20(11-9-19)17(22)14-12-13(18)6-7-15(14)23-2/h6-7,12H,3-5,8-11H2,1-2H3. The highest BCUT2D eigenvalue weighted by molar-refractivity contribution is 6.31. The maximum absolute atomic E-state index is 12.7. The van der Waals surface area contributed by atoms with Crippen LogP contribution < -0.4 is 4.74 Å². The lowest BCUT2D eigenvalue weighted by atomic mass is 10.1. The van der Waals surface area contributed by atoms with Crippen molar-refractivity contribution in [1.29, 1.82) is 0 Å². The van der Waals surface area contributed by atoms with Crippen molar-refractivity contribution in [1.82, 2.24) is 9.80 Å². The lowest BCUT2D eigenvalue weighted by Crippen LogP contribution is -2.50. The highest BCUT2D eigenvalue weighted by Crippen LogP contribution is 2.24. The molecule has 1 aromatic carbocycles. The lowest BCUT2D eigenvalue weighted by molar-refractivity contribution is -0.132. The number of hydrogen-bond acceptors (Lipinski definition) is 3. The predicted octanol–water partition coefficient (Wildman–Crippen LogP) is 2.82. The predicted molar refractivity (Wildman–Crippen MR) is 90.0 cm³/mol. The number of nitrogens with zero attached hydrogens (tertiary/aromatic N) is 2. The topological polar surface area (TPSA) is 49.9 Å². The highest BCUT2D eigenvalue weighted by Gasteiger charge is 2.26. The van der Waals surface area contributed by atoms with Gasteiger partial charge in [0.25, 0.3) is 5.91 Å². The van der Waals surface area contributed by atoms with Crippen molar-refractivity contribution < 1.29 is 14.3 Å². The van der Waals surface area contributed by atoms with Gasteiger partial charge < -0.3 is 14.5 Å². The Bertz CT molecular complexity index is 569. The molecule has 1 aliphatic rings. The SMILES string of the molecule is CCCCC(=O)N1CCN(C(=O)c2cc(Cl)ccc2OC)CC1.